The van der Waals surface area contributed by atoms with Gasteiger partial charge in [0.1, 0.15) is 13.2 Å². The van der Waals surface area contributed by atoms with E-state index < -0.39 is 20.0 Å². The van der Waals surface area contributed by atoms with Gasteiger partial charge in [-0.2, -0.15) is 0 Å². The summed E-state index contributed by atoms with van der Waals surface area (Å²) in [5.74, 6) is -0.179. The molecule has 0 aliphatic rings. The number of aliphatic hydroxyl groups is 1. The first-order valence-electron chi connectivity index (χ1n) is 38.4. The Hall–Kier alpha value is -1.28. The molecule has 0 rings (SSSR count). The van der Waals surface area contributed by atoms with E-state index in [2.05, 4.69) is 43.5 Å². The summed E-state index contributed by atoms with van der Waals surface area (Å²) in [6.45, 7) is 4.86. The number of amides is 1. The number of phosphoric ester groups is 1. The second-order valence-electron chi connectivity index (χ2n) is 27.7. The predicted molar refractivity (Wildman–Crippen MR) is 378 cm³/mol. The number of rotatable bonds is 72. The minimum absolute atomic E-state index is 0.0579. The predicted octanol–water partition coefficient (Wildman–Crippen LogP) is 24.8. The molecule has 0 saturated heterocycles. The van der Waals surface area contributed by atoms with Crippen LogP contribution in [-0.4, -0.2) is 73.4 Å². The molecule has 3 unspecified atom stereocenters. The summed E-state index contributed by atoms with van der Waals surface area (Å²) in [5, 5.41) is 14.0. The van der Waals surface area contributed by atoms with E-state index in [4.69, 9.17) is 9.05 Å². The average molecular weight is 1230 g/mol. The van der Waals surface area contributed by atoms with Crippen LogP contribution in [0, 0.1) is 0 Å². The number of hydrogen-bond donors (Lipinski definition) is 3. The molecular formula is C77H152N2O6P+. The van der Waals surface area contributed by atoms with E-state index in [1.165, 1.54) is 340 Å². The molecule has 8 nitrogen and oxygen atoms in total. The lowest BCUT2D eigenvalue weighted by Gasteiger charge is -2.25. The molecule has 86 heavy (non-hydrogen) atoms. The van der Waals surface area contributed by atoms with Gasteiger partial charge in [-0.05, 0) is 57.8 Å². The van der Waals surface area contributed by atoms with E-state index in [0.29, 0.717) is 17.4 Å². The molecule has 0 saturated carbocycles. The first-order valence-corrected chi connectivity index (χ1v) is 39.9. The Morgan fingerprint density at radius 2 is 0.640 bits per heavy atom. The Labute approximate surface area is 537 Å². The van der Waals surface area contributed by atoms with Gasteiger partial charge < -0.3 is 19.8 Å². The number of phosphoric acid groups is 1. The number of hydrogen-bond acceptors (Lipinski definition) is 5. The second-order valence-corrected chi connectivity index (χ2v) is 29.2. The Morgan fingerprint density at radius 3 is 0.930 bits per heavy atom. The third-order valence-electron chi connectivity index (χ3n) is 17.8. The van der Waals surface area contributed by atoms with E-state index in [-0.39, 0.29) is 19.1 Å². The molecule has 0 bridgehead atoms. The quantitative estimate of drug-likeness (QED) is 0.0243. The van der Waals surface area contributed by atoms with Crippen molar-refractivity contribution in [3.05, 3.63) is 36.5 Å². The van der Waals surface area contributed by atoms with Crippen LogP contribution < -0.4 is 5.32 Å². The molecule has 3 N–H and O–H groups in total. The van der Waals surface area contributed by atoms with Gasteiger partial charge in [0.25, 0.3) is 0 Å². The van der Waals surface area contributed by atoms with Gasteiger partial charge in [-0.25, -0.2) is 4.57 Å². The van der Waals surface area contributed by atoms with Crippen LogP contribution in [0.25, 0.3) is 0 Å². The Kier molecular flexibility index (Phi) is 67.1. The van der Waals surface area contributed by atoms with Gasteiger partial charge >= 0.3 is 7.82 Å². The normalized spacial score (nSPS) is 13.7. The van der Waals surface area contributed by atoms with Crippen molar-refractivity contribution in [2.75, 3.05) is 40.9 Å². The van der Waals surface area contributed by atoms with Gasteiger partial charge in [0.15, 0.2) is 0 Å². The van der Waals surface area contributed by atoms with E-state index in [9.17, 15) is 19.4 Å². The molecule has 0 fully saturated rings. The number of quaternary nitrogens is 1. The maximum Gasteiger partial charge on any atom is 0.472 e. The zero-order valence-corrected chi connectivity index (χ0v) is 59.5. The van der Waals surface area contributed by atoms with Crippen molar-refractivity contribution in [1.29, 1.82) is 0 Å². The molecule has 0 aromatic heterocycles. The van der Waals surface area contributed by atoms with E-state index in [1.807, 2.05) is 27.2 Å². The molecule has 0 aliphatic heterocycles. The van der Waals surface area contributed by atoms with Crippen LogP contribution in [0.1, 0.15) is 399 Å². The summed E-state index contributed by atoms with van der Waals surface area (Å²) in [5.41, 5.74) is 0. The summed E-state index contributed by atoms with van der Waals surface area (Å²) >= 11 is 0. The van der Waals surface area contributed by atoms with Crippen LogP contribution in [0.15, 0.2) is 36.5 Å². The summed E-state index contributed by atoms with van der Waals surface area (Å²) < 4.78 is 23.8. The summed E-state index contributed by atoms with van der Waals surface area (Å²) in [6, 6.07) is -0.864. The fraction of sp³-hybridized carbons (Fsp3) is 0.909. The average Bonchev–Trinajstić information content (AvgIpc) is 3.70. The highest BCUT2D eigenvalue weighted by molar-refractivity contribution is 7.47. The number of aliphatic hydroxyl groups excluding tert-OH is 1. The maximum absolute atomic E-state index is 13.1. The highest BCUT2D eigenvalue weighted by Crippen LogP contribution is 2.43. The lowest BCUT2D eigenvalue weighted by atomic mass is 10.0. The SMILES string of the molecule is CCCCCCCCCCCCCCCCCCCC/C=C\CCCCCCCCCCCCCCCCCCCC(=O)NC(COP(=O)(O)OCC[N+](C)(C)C)C(O)/C=C/CC/C=C/CCCCCCCCCCCCCCCCCCCCC. The molecule has 9 heteroatoms. The van der Waals surface area contributed by atoms with E-state index in [0.717, 1.165) is 38.5 Å². The first kappa shape index (κ1) is 84.7. The smallest absolute Gasteiger partial charge is 0.387 e. The largest absolute Gasteiger partial charge is 0.472 e. The number of allylic oxidation sites excluding steroid dienone is 5. The van der Waals surface area contributed by atoms with Crippen LogP contribution in [-0.2, 0) is 18.4 Å². The molecule has 510 valence electrons. The van der Waals surface area contributed by atoms with Crippen molar-refractivity contribution in [1.82, 2.24) is 5.32 Å². The lowest BCUT2D eigenvalue weighted by Crippen LogP contribution is -2.45. The molecule has 0 spiro atoms. The van der Waals surface area contributed by atoms with Crippen LogP contribution in [0.2, 0.25) is 0 Å². The van der Waals surface area contributed by atoms with Gasteiger partial charge in [-0.15, -0.1) is 0 Å². The molecule has 0 aromatic rings. The number of unbranched alkanes of at least 4 members (excludes halogenated alkanes) is 55. The van der Waals surface area contributed by atoms with Crippen molar-refractivity contribution in [3.63, 3.8) is 0 Å². The van der Waals surface area contributed by atoms with Crippen molar-refractivity contribution < 1.29 is 32.9 Å². The van der Waals surface area contributed by atoms with Crippen molar-refractivity contribution in [2.24, 2.45) is 0 Å². The van der Waals surface area contributed by atoms with Crippen LogP contribution in [0.4, 0.5) is 0 Å². The number of carbonyl (C=O) groups excluding carboxylic acids is 1. The molecular weight excluding hydrogens is 1080 g/mol. The lowest BCUT2D eigenvalue weighted by molar-refractivity contribution is -0.870. The standard InChI is InChI=1S/C77H151N2O6P/c1-6-8-10-12-14-16-18-20-22-24-26-28-30-32-33-34-35-36-37-38-39-40-41-42-43-44-45-47-49-51-53-55-57-59-61-63-65-67-69-71-77(81)78-75(74-85-86(82,83)84-73-72-79(3,4)5)76(80)70-68-66-64-62-60-58-56-54-52-50-48-46-31-29-27-25-23-21-19-17-15-13-11-9-7-2/h38-39,60,62,68,70,75-76,80H,6-37,40-59,61,63-67,69,71-74H2,1-5H3,(H-,78,81,82,83)/p+1/b39-38-,62-60+,70-68+. The maximum atomic E-state index is 13.1. The summed E-state index contributed by atoms with van der Waals surface area (Å²) in [6.07, 6.45) is 92.0. The van der Waals surface area contributed by atoms with Gasteiger partial charge in [-0.1, -0.05) is 371 Å². The fourth-order valence-electron chi connectivity index (χ4n) is 11.9. The van der Waals surface area contributed by atoms with E-state index >= 15 is 0 Å². The Bertz CT molecular complexity index is 1500. The molecule has 1 amide bonds. The minimum atomic E-state index is -4.36. The van der Waals surface area contributed by atoms with Crippen LogP contribution in [0.3, 0.4) is 0 Å². The van der Waals surface area contributed by atoms with Gasteiger partial charge in [0.2, 0.25) is 5.91 Å². The highest BCUT2D eigenvalue weighted by atomic mass is 31.2. The minimum Gasteiger partial charge on any atom is -0.387 e. The Balaban J connectivity index is 3.96. The van der Waals surface area contributed by atoms with Crippen molar-refractivity contribution >= 4 is 13.7 Å². The number of likely N-dealkylation sites (N-methyl/N-ethyl adjacent to an activating group) is 1. The van der Waals surface area contributed by atoms with Crippen molar-refractivity contribution in [2.45, 2.75) is 411 Å². The number of nitrogens with one attached hydrogen (secondary N) is 1. The van der Waals surface area contributed by atoms with E-state index in [1.54, 1.807) is 6.08 Å². The number of carbonyl (C=O) groups is 1. The summed E-state index contributed by atoms with van der Waals surface area (Å²) in [7, 11) is 1.57. The molecule has 3 atom stereocenters. The summed E-state index contributed by atoms with van der Waals surface area (Å²) in [4.78, 5) is 23.4. The van der Waals surface area contributed by atoms with Gasteiger partial charge in [0.05, 0.1) is 39.9 Å². The molecule has 0 aromatic carbocycles. The van der Waals surface area contributed by atoms with Gasteiger partial charge in [0, 0.05) is 6.42 Å². The third kappa shape index (κ3) is 70.2. The van der Waals surface area contributed by atoms with Gasteiger partial charge in [-0.3, -0.25) is 13.8 Å². The molecule has 0 heterocycles. The monoisotopic (exact) mass is 1230 g/mol. The number of nitrogens with zero attached hydrogens (tertiary/aromatic N) is 1. The van der Waals surface area contributed by atoms with Crippen LogP contribution in [0.5, 0.6) is 0 Å². The molecule has 0 radical (unpaired) electrons. The zero-order chi connectivity index (χ0) is 62.6. The third-order valence-corrected chi connectivity index (χ3v) is 18.8. The highest BCUT2D eigenvalue weighted by Gasteiger charge is 2.28. The fourth-order valence-corrected chi connectivity index (χ4v) is 12.6. The van der Waals surface area contributed by atoms with Crippen LogP contribution >= 0.6 is 7.82 Å². The zero-order valence-electron chi connectivity index (χ0n) is 58.6. The first-order chi connectivity index (χ1) is 42.0. The Morgan fingerprint density at radius 1 is 0.384 bits per heavy atom. The topological polar surface area (TPSA) is 105 Å². The van der Waals surface area contributed by atoms with Crippen molar-refractivity contribution in [3.8, 4) is 0 Å². The second kappa shape index (κ2) is 68.1. The molecule has 0 aliphatic carbocycles.